The third-order valence-electron chi connectivity index (χ3n) is 3.35. The topological polar surface area (TPSA) is 60.2 Å². The quantitative estimate of drug-likeness (QED) is 0.298. The predicted molar refractivity (Wildman–Crippen MR) is 103 cm³/mol. The van der Waals surface area contributed by atoms with Crippen molar-refractivity contribution in [3.05, 3.63) is 35.1 Å². The Labute approximate surface area is 155 Å². The van der Waals surface area contributed by atoms with Crippen molar-refractivity contribution in [1.29, 1.82) is 5.26 Å². The number of hydrogen-bond donors (Lipinski definition) is 2. The lowest BCUT2D eigenvalue weighted by Crippen LogP contribution is -2.37. The summed E-state index contributed by atoms with van der Waals surface area (Å²) >= 11 is 0. The minimum Gasteiger partial charge on any atom is -0.356 e. The van der Waals surface area contributed by atoms with Crippen molar-refractivity contribution in [2.75, 3.05) is 13.6 Å². The third-order valence-corrected chi connectivity index (χ3v) is 3.35. The average Bonchev–Trinajstić information content (AvgIpc) is 2.51. The van der Waals surface area contributed by atoms with Crippen LogP contribution < -0.4 is 10.6 Å². The van der Waals surface area contributed by atoms with E-state index in [1.165, 1.54) is 25.0 Å². The summed E-state index contributed by atoms with van der Waals surface area (Å²) in [4.78, 5) is 4.12. The molecule has 4 nitrogen and oxygen atoms in total. The van der Waals surface area contributed by atoms with Gasteiger partial charge in [0.25, 0.3) is 0 Å². The zero-order chi connectivity index (χ0) is 16.4. The van der Waals surface area contributed by atoms with E-state index in [-0.39, 0.29) is 29.8 Å². The molecule has 0 aromatic heterocycles. The predicted octanol–water partition coefficient (Wildman–Crippen LogP) is 3.81. The molecule has 23 heavy (non-hydrogen) atoms. The SMILES string of the molecule is CN=C(NCCCCC(C)C)NCc1cc(C#N)ccc1F.I. The molecule has 0 atom stereocenters. The minimum atomic E-state index is -0.320. The molecular formula is C17H26FIN4. The Kier molecular flexibility index (Phi) is 11.4. The summed E-state index contributed by atoms with van der Waals surface area (Å²) < 4.78 is 13.7. The largest absolute Gasteiger partial charge is 0.356 e. The first kappa shape index (κ1) is 21.6. The van der Waals surface area contributed by atoms with Gasteiger partial charge in [0.1, 0.15) is 5.82 Å². The molecular weight excluding hydrogens is 406 g/mol. The number of guanidine groups is 1. The van der Waals surface area contributed by atoms with Gasteiger partial charge < -0.3 is 10.6 Å². The van der Waals surface area contributed by atoms with Gasteiger partial charge in [-0.2, -0.15) is 5.26 Å². The van der Waals surface area contributed by atoms with Gasteiger partial charge in [-0.25, -0.2) is 4.39 Å². The maximum absolute atomic E-state index is 13.7. The summed E-state index contributed by atoms with van der Waals surface area (Å²) in [6.07, 6.45) is 3.48. The Morgan fingerprint density at radius 1 is 1.30 bits per heavy atom. The molecule has 2 N–H and O–H groups in total. The van der Waals surface area contributed by atoms with Crippen LogP contribution in [0.2, 0.25) is 0 Å². The van der Waals surface area contributed by atoms with Crippen LogP contribution in [0.1, 0.15) is 44.2 Å². The van der Waals surface area contributed by atoms with Crippen LogP contribution in [0.5, 0.6) is 0 Å². The average molecular weight is 432 g/mol. The van der Waals surface area contributed by atoms with E-state index in [9.17, 15) is 4.39 Å². The molecule has 1 aromatic carbocycles. The van der Waals surface area contributed by atoms with Gasteiger partial charge in [-0.05, 0) is 30.5 Å². The maximum Gasteiger partial charge on any atom is 0.191 e. The second-order valence-corrected chi connectivity index (χ2v) is 5.66. The van der Waals surface area contributed by atoms with E-state index in [0.29, 0.717) is 23.6 Å². The Bertz CT molecular complexity index is 538. The van der Waals surface area contributed by atoms with Gasteiger partial charge in [0.05, 0.1) is 11.6 Å². The van der Waals surface area contributed by atoms with Crippen LogP contribution in [0.3, 0.4) is 0 Å². The standard InChI is InChI=1S/C17H25FN4.HI/c1-13(2)6-4-5-9-21-17(20-3)22-12-15-10-14(11-19)7-8-16(15)18;/h7-8,10,13H,4-6,9,12H2,1-3H3,(H2,20,21,22);1H. The van der Waals surface area contributed by atoms with Gasteiger partial charge in [-0.3, -0.25) is 4.99 Å². The van der Waals surface area contributed by atoms with Crippen molar-refractivity contribution < 1.29 is 4.39 Å². The molecule has 1 rings (SSSR count). The molecule has 0 heterocycles. The molecule has 6 heteroatoms. The van der Waals surface area contributed by atoms with E-state index in [1.807, 2.05) is 6.07 Å². The first-order valence-corrected chi connectivity index (χ1v) is 7.70. The number of nitriles is 1. The van der Waals surface area contributed by atoms with Gasteiger partial charge in [-0.1, -0.05) is 26.7 Å². The first-order valence-electron chi connectivity index (χ1n) is 7.70. The number of benzene rings is 1. The number of rotatable bonds is 7. The van der Waals surface area contributed by atoms with E-state index in [2.05, 4.69) is 29.5 Å². The number of nitrogens with one attached hydrogen (secondary N) is 2. The van der Waals surface area contributed by atoms with Gasteiger partial charge in [-0.15, -0.1) is 24.0 Å². The van der Waals surface area contributed by atoms with Crippen LogP contribution in [0, 0.1) is 23.1 Å². The van der Waals surface area contributed by atoms with Crippen molar-refractivity contribution in [1.82, 2.24) is 10.6 Å². The fourth-order valence-corrected chi connectivity index (χ4v) is 2.06. The lowest BCUT2D eigenvalue weighted by molar-refractivity contribution is 0.534. The van der Waals surface area contributed by atoms with Crippen LogP contribution in [-0.4, -0.2) is 19.6 Å². The van der Waals surface area contributed by atoms with Crippen molar-refractivity contribution in [3.8, 4) is 6.07 Å². The fraction of sp³-hybridized carbons (Fsp3) is 0.529. The highest BCUT2D eigenvalue weighted by atomic mass is 127. The molecule has 0 unspecified atom stereocenters. The Morgan fingerprint density at radius 2 is 2.04 bits per heavy atom. The molecule has 0 aliphatic heterocycles. The number of unbranched alkanes of at least 4 members (excludes halogenated alkanes) is 1. The molecule has 0 bridgehead atoms. The Hall–Kier alpha value is -1.36. The van der Waals surface area contributed by atoms with Crippen LogP contribution in [0.4, 0.5) is 4.39 Å². The van der Waals surface area contributed by atoms with Crippen molar-refractivity contribution in [3.63, 3.8) is 0 Å². The highest BCUT2D eigenvalue weighted by Crippen LogP contribution is 2.09. The molecule has 0 aliphatic carbocycles. The van der Waals surface area contributed by atoms with Crippen LogP contribution in [-0.2, 0) is 6.54 Å². The van der Waals surface area contributed by atoms with Gasteiger partial charge in [0, 0.05) is 25.7 Å². The van der Waals surface area contributed by atoms with Crippen molar-refractivity contribution >= 4 is 29.9 Å². The van der Waals surface area contributed by atoms with E-state index in [0.717, 1.165) is 18.9 Å². The van der Waals surface area contributed by atoms with E-state index in [4.69, 9.17) is 5.26 Å². The molecule has 1 aromatic rings. The van der Waals surface area contributed by atoms with Crippen LogP contribution in [0.25, 0.3) is 0 Å². The van der Waals surface area contributed by atoms with Gasteiger partial charge in [0.15, 0.2) is 5.96 Å². The molecule has 0 spiro atoms. The summed E-state index contributed by atoms with van der Waals surface area (Å²) in [6, 6.07) is 6.36. The molecule has 128 valence electrons. The monoisotopic (exact) mass is 432 g/mol. The number of aliphatic imine (C=N–C) groups is 1. The molecule has 0 saturated carbocycles. The maximum atomic E-state index is 13.7. The fourth-order valence-electron chi connectivity index (χ4n) is 2.06. The van der Waals surface area contributed by atoms with E-state index in [1.54, 1.807) is 13.1 Å². The summed E-state index contributed by atoms with van der Waals surface area (Å²) in [5.74, 6) is 1.05. The summed E-state index contributed by atoms with van der Waals surface area (Å²) in [5, 5.41) is 15.1. The van der Waals surface area contributed by atoms with E-state index < -0.39 is 0 Å². The summed E-state index contributed by atoms with van der Waals surface area (Å²) in [7, 11) is 1.69. The lowest BCUT2D eigenvalue weighted by Gasteiger charge is -2.12. The Morgan fingerprint density at radius 3 is 2.65 bits per heavy atom. The number of hydrogen-bond acceptors (Lipinski definition) is 2. The number of nitrogens with zero attached hydrogens (tertiary/aromatic N) is 2. The normalized spacial score (nSPS) is 10.9. The Balaban J connectivity index is 0.00000484. The molecule has 0 saturated heterocycles. The minimum absolute atomic E-state index is 0. The van der Waals surface area contributed by atoms with Gasteiger partial charge in [0.2, 0.25) is 0 Å². The highest BCUT2D eigenvalue weighted by Gasteiger charge is 2.05. The zero-order valence-electron chi connectivity index (χ0n) is 14.0. The second kappa shape index (κ2) is 12.1. The molecule has 0 fully saturated rings. The molecule has 0 aliphatic rings. The lowest BCUT2D eigenvalue weighted by atomic mass is 10.1. The summed E-state index contributed by atoms with van der Waals surface area (Å²) in [6.45, 7) is 5.58. The van der Waals surface area contributed by atoms with Crippen molar-refractivity contribution in [2.24, 2.45) is 10.9 Å². The molecule has 0 radical (unpaired) electrons. The third kappa shape index (κ3) is 8.74. The van der Waals surface area contributed by atoms with Crippen LogP contribution >= 0.6 is 24.0 Å². The number of halogens is 2. The smallest absolute Gasteiger partial charge is 0.191 e. The van der Waals surface area contributed by atoms with Crippen molar-refractivity contribution in [2.45, 2.75) is 39.7 Å². The zero-order valence-corrected chi connectivity index (χ0v) is 16.4. The molecule has 0 amide bonds. The second-order valence-electron chi connectivity index (χ2n) is 5.66. The summed E-state index contributed by atoms with van der Waals surface area (Å²) in [5.41, 5.74) is 0.914. The van der Waals surface area contributed by atoms with E-state index >= 15 is 0 Å². The van der Waals surface area contributed by atoms with Gasteiger partial charge >= 0.3 is 0 Å². The highest BCUT2D eigenvalue weighted by molar-refractivity contribution is 14.0. The van der Waals surface area contributed by atoms with Crippen LogP contribution in [0.15, 0.2) is 23.2 Å². The first-order chi connectivity index (χ1) is 10.6.